The van der Waals surface area contributed by atoms with Gasteiger partial charge in [0.2, 0.25) is 11.8 Å². The van der Waals surface area contributed by atoms with E-state index in [1.54, 1.807) is 12.1 Å². The summed E-state index contributed by atoms with van der Waals surface area (Å²) < 4.78 is 19.9. The monoisotopic (exact) mass is 338 g/mol. The van der Waals surface area contributed by atoms with Crippen LogP contribution in [0.1, 0.15) is 38.1 Å². The highest BCUT2D eigenvalue weighted by Gasteiger charge is 2.32. The average Bonchev–Trinajstić information content (AvgIpc) is 3.27. The van der Waals surface area contributed by atoms with Crippen molar-refractivity contribution in [3.8, 4) is 11.1 Å². The summed E-state index contributed by atoms with van der Waals surface area (Å²) in [7, 11) is 0. The van der Waals surface area contributed by atoms with E-state index >= 15 is 0 Å². The number of halogens is 1. The van der Waals surface area contributed by atoms with Gasteiger partial charge in [0.15, 0.2) is 5.58 Å². The van der Waals surface area contributed by atoms with E-state index in [1.165, 1.54) is 6.07 Å². The van der Waals surface area contributed by atoms with Gasteiger partial charge in [-0.05, 0) is 36.6 Å². The highest BCUT2D eigenvalue weighted by molar-refractivity contribution is 5.81. The lowest BCUT2D eigenvalue weighted by Crippen LogP contribution is -2.29. The molecular formula is C20H19FN2O2. The molecule has 0 N–H and O–H groups in total. The number of likely N-dealkylation sites (tertiary alicyclic amines) is 1. The van der Waals surface area contributed by atoms with Crippen molar-refractivity contribution in [3.63, 3.8) is 0 Å². The summed E-state index contributed by atoms with van der Waals surface area (Å²) in [6, 6.07) is 12.1. The smallest absolute Gasteiger partial charge is 0.222 e. The van der Waals surface area contributed by atoms with Crippen LogP contribution in [0.4, 0.5) is 4.39 Å². The second-order valence-corrected chi connectivity index (χ2v) is 6.31. The molecule has 1 amide bonds. The Morgan fingerprint density at radius 2 is 2.16 bits per heavy atom. The minimum Gasteiger partial charge on any atom is -0.438 e. The number of hydrogen-bond donors (Lipinski definition) is 0. The minimum atomic E-state index is -0.263. The van der Waals surface area contributed by atoms with E-state index in [0.29, 0.717) is 29.0 Å². The van der Waals surface area contributed by atoms with Crippen LogP contribution in [0.25, 0.3) is 22.2 Å². The third-order valence-electron chi connectivity index (χ3n) is 4.75. The number of carbonyl (C=O) groups is 1. The van der Waals surface area contributed by atoms with Gasteiger partial charge in [0.05, 0.1) is 0 Å². The zero-order chi connectivity index (χ0) is 17.4. The summed E-state index contributed by atoms with van der Waals surface area (Å²) in [5.74, 6) is 0.429. The van der Waals surface area contributed by atoms with Crippen LogP contribution in [0.15, 0.2) is 46.9 Å². The maximum Gasteiger partial charge on any atom is 0.222 e. The number of nitrogens with zero attached hydrogens (tertiary/aromatic N) is 2. The fraction of sp³-hybridized carbons (Fsp3) is 0.300. The van der Waals surface area contributed by atoms with E-state index in [-0.39, 0.29) is 17.8 Å². The van der Waals surface area contributed by atoms with Crippen LogP contribution < -0.4 is 0 Å². The summed E-state index contributed by atoms with van der Waals surface area (Å²) >= 11 is 0. The molecule has 4 nitrogen and oxygen atoms in total. The van der Waals surface area contributed by atoms with Crippen LogP contribution >= 0.6 is 0 Å². The molecule has 0 aliphatic carbocycles. The number of carbonyl (C=O) groups excluding carboxylic acids is 1. The molecule has 4 rings (SSSR count). The maximum atomic E-state index is 14.0. The third kappa shape index (κ3) is 2.80. The van der Waals surface area contributed by atoms with Crippen LogP contribution in [0.5, 0.6) is 0 Å². The molecular weight excluding hydrogens is 319 g/mol. The molecule has 25 heavy (non-hydrogen) atoms. The van der Waals surface area contributed by atoms with Crippen LogP contribution in [0, 0.1) is 5.82 Å². The molecule has 0 unspecified atom stereocenters. The molecule has 0 radical (unpaired) electrons. The van der Waals surface area contributed by atoms with Gasteiger partial charge in [-0.1, -0.05) is 31.2 Å². The predicted molar refractivity (Wildman–Crippen MR) is 93.4 cm³/mol. The van der Waals surface area contributed by atoms with Gasteiger partial charge in [0.1, 0.15) is 17.4 Å². The average molecular weight is 338 g/mol. The first-order valence-corrected chi connectivity index (χ1v) is 8.62. The lowest BCUT2D eigenvalue weighted by Gasteiger charge is -2.21. The molecule has 5 heteroatoms. The minimum absolute atomic E-state index is 0.100. The zero-order valence-electron chi connectivity index (χ0n) is 14.0. The summed E-state index contributed by atoms with van der Waals surface area (Å²) in [6.07, 6.45) is 2.29. The first-order chi connectivity index (χ1) is 12.2. The standard InChI is InChI=1S/C20H19FN2O2/c1-2-19(24)23-11-5-8-17(23)20-22-16-12-13(9-10-18(16)25-20)14-6-3-4-7-15(14)21/h3-4,6-7,9-10,12,17H,2,5,8,11H2,1H3/t17-/m0/s1. The van der Waals surface area contributed by atoms with Crippen LogP contribution in [0.3, 0.4) is 0 Å². The SMILES string of the molecule is CCC(=O)N1CCC[C@H]1c1nc2cc(-c3ccccc3F)ccc2o1. The van der Waals surface area contributed by atoms with Crippen molar-refractivity contribution < 1.29 is 13.6 Å². The summed E-state index contributed by atoms with van der Waals surface area (Å²) in [4.78, 5) is 18.5. The van der Waals surface area contributed by atoms with E-state index in [4.69, 9.17) is 4.42 Å². The number of hydrogen-bond acceptors (Lipinski definition) is 3. The number of aromatic nitrogens is 1. The molecule has 1 aliphatic rings. The Morgan fingerprint density at radius 1 is 1.32 bits per heavy atom. The molecule has 1 fully saturated rings. The topological polar surface area (TPSA) is 46.3 Å². The number of oxazole rings is 1. The van der Waals surface area contributed by atoms with Crippen molar-refractivity contribution in [1.29, 1.82) is 0 Å². The number of amides is 1. The third-order valence-corrected chi connectivity index (χ3v) is 4.75. The molecule has 3 aromatic rings. The van der Waals surface area contributed by atoms with Gasteiger partial charge < -0.3 is 9.32 Å². The molecule has 128 valence electrons. The highest BCUT2D eigenvalue weighted by atomic mass is 19.1. The number of fused-ring (bicyclic) bond motifs is 1. The Morgan fingerprint density at radius 3 is 2.96 bits per heavy atom. The van der Waals surface area contributed by atoms with E-state index in [9.17, 15) is 9.18 Å². The second-order valence-electron chi connectivity index (χ2n) is 6.31. The van der Waals surface area contributed by atoms with Gasteiger partial charge in [0, 0.05) is 18.5 Å². The maximum absolute atomic E-state index is 14.0. The van der Waals surface area contributed by atoms with Gasteiger partial charge in [-0.15, -0.1) is 0 Å². The highest BCUT2D eigenvalue weighted by Crippen LogP contribution is 2.34. The van der Waals surface area contributed by atoms with Crippen molar-refractivity contribution in [2.75, 3.05) is 6.54 Å². The van der Waals surface area contributed by atoms with E-state index in [0.717, 1.165) is 24.9 Å². The van der Waals surface area contributed by atoms with Crippen molar-refractivity contribution in [3.05, 3.63) is 54.2 Å². The molecule has 0 spiro atoms. The summed E-state index contributed by atoms with van der Waals surface area (Å²) in [5, 5.41) is 0. The lowest BCUT2D eigenvalue weighted by atomic mass is 10.0. The second kappa shape index (κ2) is 6.31. The van der Waals surface area contributed by atoms with Gasteiger partial charge in [-0.2, -0.15) is 0 Å². The molecule has 0 bridgehead atoms. The Hall–Kier alpha value is -2.69. The van der Waals surface area contributed by atoms with Gasteiger partial charge in [-0.25, -0.2) is 9.37 Å². The number of benzene rings is 2. The van der Waals surface area contributed by atoms with Crippen LogP contribution in [0.2, 0.25) is 0 Å². The molecule has 0 saturated carbocycles. The van der Waals surface area contributed by atoms with E-state index in [1.807, 2.05) is 36.1 Å². The quantitative estimate of drug-likeness (QED) is 0.695. The summed E-state index contributed by atoms with van der Waals surface area (Å²) in [5.41, 5.74) is 2.65. The first-order valence-electron chi connectivity index (χ1n) is 8.62. The Bertz CT molecular complexity index is 934. The van der Waals surface area contributed by atoms with Gasteiger partial charge in [-0.3, -0.25) is 4.79 Å². The van der Waals surface area contributed by atoms with Crippen LogP contribution in [-0.4, -0.2) is 22.3 Å². The fourth-order valence-corrected chi connectivity index (χ4v) is 3.48. The zero-order valence-corrected chi connectivity index (χ0v) is 14.0. The van der Waals surface area contributed by atoms with Gasteiger partial charge in [0.25, 0.3) is 0 Å². The Kier molecular flexibility index (Phi) is 3.99. The van der Waals surface area contributed by atoms with E-state index in [2.05, 4.69) is 4.98 Å². The molecule has 2 heterocycles. The lowest BCUT2D eigenvalue weighted by molar-refractivity contribution is -0.132. The normalized spacial score (nSPS) is 17.4. The molecule has 1 saturated heterocycles. The van der Waals surface area contributed by atoms with Crippen molar-refractivity contribution in [2.45, 2.75) is 32.2 Å². The molecule has 1 aromatic heterocycles. The fourth-order valence-electron chi connectivity index (χ4n) is 3.48. The molecule has 1 aliphatic heterocycles. The van der Waals surface area contributed by atoms with Crippen molar-refractivity contribution >= 4 is 17.0 Å². The molecule has 2 aromatic carbocycles. The van der Waals surface area contributed by atoms with Crippen molar-refractivity contribution in [1.82, 2.24) is 9.88 Å². The Labute approximate surface area is 145 Å². The predicted octanol–water partition coefficient (Wildman–Crippen LogP) is 4.71. The van der Waals surface area contributed by atoms with Crippen molar-refractivity contribution in [2.24, 2.45) is 0 Å². The van der Waals surface area contributed by atoms with Crippen LogP contribution in [-0.2, 0) is 4.79 Å². The largest absolute Gasteiger partial charge is 0.438 e. The number of rotatable bonds is 3. The van der Waals surface area contributed by atoms with Gasteiger partial charge >= 0.3 is 0 Å². The Balaban J connectivity index is 1.71. The van der Waals surface area contributed by atoms with E-state index < -0.39 is 0 Å². The first kappa shape index (κ1) is 15.8. The molecule has 1 atom stereocenters. The summed E-state index contributed by atoms with van der Waals surface area (Å²) in [6.45, 7) is 2.61.